The number of carbonyl (C=O) groups excluding carboxylic acids is 2. The van der Waals surface area contributed by atoms with Crippen molar-refractivity contribution in [1.29, 1.82) is 0 Å². The number of ether oxygens (including phenoxy) is 2. The molecule has 1 rings (SSSR count). The van der Waals surface area contributed by atoms with E-state index in [1.54, 1.807) is 27.7 Å². The Balaban J connectivity index is 2.70. The first-order valence-electron chi connectivity index (χ1n) is 6.34. The van der Waals surface area contributed by atoms with Crippen LogP contribution in [0.4, 0.5) is 9.93 Å². The van der Waals surface area contributed by atoms with Crippen LogP contribution in [0, 0.1) is 6.92 Å². The van der Waals surface area contributed by atoms with Gasteiger partial charge in [0.05, 0.1) is 12.8 Å². The quantitative estimate of drug-likeness (QED) is 0.823. The lowest BCUT2D eigenvalue weighted by molar-refractivity contribution is -0.150. The van der Waals surface area contributed by atoms with E-state index < -0.39 is 23.8 Å². The number of carbonyl (C=O) groups is 2. The highest BCUT2D eigenvalue weighted by molar-refractivity contribution is 7.15. The summed E-state index contributed by atoms with van der Waals surface area (Å²) in [5, 5.41) is 12.5. The molecule has 1 aromatic rings. The summed E-state index contributed by atoms with van der Waals surface area (Å²) in [6.07, 6.45) is -1.76. The Bertz CT molecular complexity index is 521. The van der Waals surface area contributed by atoms with E-state index >= 15 is 0 Å². The minimum Gasteiger partial charge on any atom is -0.467 e. The van der Waals surface area contributed by atoms with E-state index in [0.29, 0.717) is 15.7 Å². The fraction of sp³-hybridized carbons (Fsp3) is 0.615. The highest BCUT2D eigenvalue weighted by atomic mass is 32.1. The van der Waals surface area contributed by atoms with Crippen molar-refractivity contribution in [1.82, 2.24) is 4.98 Å². The number of hydrogen-bond donors (Lipinski definition) is 2. The molecule has 0 aliphatic heterocycles. The summed E-state index contributed by atoms with van der Waals surface area (Å²) >= 11 is 1.18. The summed E-state index contributed by atoms with van der Waals surface area (Å²) in [4.78, 5) is 27.7. The van der Waals surface area contributed by atoms with Gasteiger partial charge in [-0.15, -0.1) is 11.3 Å². The monoisotopic (exact) mass is 316 g/mol. The molecule has 1 aromatic heterocycles. The average Bonchev–Trinajstić information content (AvgIpc) is 2.65. The Labute approximate surface area is 127 Å². The van der Waals surface area contributed by atoms with Crippen molar-refractivity contribution in [2.45, 2.75) is 45.8 Å². The number of thiazole rings is 1. The molecule has 0 aliphatic rings. The van der Waals surface area contributed by atoms with E-state index in [-0.39, 0.29) is 6.42 Å². The average molecular weight is 316 g/mol. The molecule has 0 spiro atoms. The standard InChI is InChI=1S/C13H20N2O5S/c1-7-9(6-8(16)10(17)19-5)21-11(14-7)15-12(18)20-13(2,3)4/h8,16H,6H2,1-5H3,(H,14,15,18). The third-order valence-corrected chi connectivity index (χ3v) is 3.45. The van der Waals surface area contributed by atoms with E-state index in [0.717, 1.165) is 0 Å². The first-order chi connectivity index (χ1) is 9.62. The fourth-order valence-electron chi connectivity index (χ4n) is 1.46. The molecular weight excluding hydrogens is 296 g/mol. The van der Waals surface area contributed by atoms with Gasteiger partial charge in [-0.25, -0.2) is 14.6 Å². The molecule has 0 fully saturated rings. The topological polar surface area (TPSA) is 97.8 Å². The number of aryl methyl sites for hydroxylation is 1. The smallest absolute Gasteiger partial charge is 0.413 e. The predicted molar refractivity (Wildman–Crippen MR) is 78.4 cm³/mol. The molecule has 0 aliphatic carbocycles. The molecule has 1 heterocycles. The second-order valence-corrected chi connectivity index (χ2v) is 6.48. The van der Waals surface area contributed by atoms with Crippen molar-refractivity contribution in [3.8, 4) is 0 Å². The van der Waals surface area contributed by atoms with Gasteiger partial charge in [0, 0.05) is 11.3 Å². The van der Waals surface area contributed by atoms with Crippen LogP contribution in [0.3, 0.4) is 0 Å². The number of nitrogens with zero attached hydrogens (tertiary/aromatic N) is 1. The van der Waals surface area contributed by atoms with Gasteiger partial charge >= 0.3 is 12.1 Å². The van der Waals surface area contributed by atoms with Crippen LogP contribution < -0.4 is 5.32 Å². The maximum absolute atomic E-state index is 11.6. The van der Waals surface area contributed by atoms with Gasteiger partial charge in [-0.1, -0.05) is 0 Å². The van der Waals surface area contributed by atoms with Gasteiger partial charge in [-0.2, -0.15) is 0 Å². The van der Waals surface area contributed by atoms with Gasteiger partial charge in [-0.3, -0.25) is 5.32 Å². The summed E-state index contributed by atoms with van der Waals surface area (Å²) in [5.41, 5.74) is 0.0364. The maximum Gasteiger partial charge on any atom is 0.413 e. The molecule has 7 nitrogen and oxygen atoms in total. The van der Waals surface area contributed by atoms with Crippen molar-refractivity contribution in [2.24, 2.45) is 0 Å². The number of aromatic nitrogens is 1. The van der Waals surface area contributed by atoms with Crippen molar-refractivity contribution < 1.29 is 24.2 Å². The van der Waals surface area contributed by atoms with Gasteiger partial charge in [0.1, 0.15) is 5.60 Å². The lowest BCUT2D eigenvalue weighted by atomic mass is 10.2. The van der Waals surface area contributed by atoms with Crippen LogP contribution in [0.25, 0.3) is 0 Å². The molecule has 1 amide bonds. The van der Waals surface area contributed by atoms with Crippen molar-refractivity contribution in [3.63, 3.8) is 0 Å². The van der Waals surface area contributed by atoms with E-state index in [2.05, 4.69) is 15.0 Å². The number of nitrogens with one attached hydrogen (secondary N) is 1. The summed E-state index contributed by atoms with van der Waals surface area (Å²) < 4.78 is 9.58. The largest absolute Gasteiger partial charge is 0.467 e. The van der Waals surface area contributed by atoms with Crippen LogP contribution in [0.1, 0.15) is 31.3 Å². The van der Waals surface area contributed by atoms with Gasteiger partial charge in [0.25, 0.3) is 0 Å². The van der Waals surface area contributed by atoms with E-state index in [9.17, 15) is 14.7 Å². The highest BCUT2D eigenvalue weighted by Gasteiger charge is 2.21. The number of anilines is 1. The van der Waals surface area contributed by atoms with Crippen LogP contribution in [-0.4, -0.2) is 41.0 Å². The molecule has 1 unspecified atom stereocenters. The minimum absolute atomic E-state index is 0.0895. The molecule has 0 aromatic carbocycles. The molecular formula is C13H20N2O5S. The lowest BCUT2D eigenvalue weighted by Crippen LogP contribution is -2.27. The van der Waals surface area contributed by atoms with Gasteiger partial charge in [0.2, 0.25) is 0 Å². The highest BCUT2D eigenvalue weighted by Crippen LogP contribution is 2.24. The number of methoxy groups -OCH3 is 1. The van der Waals surface area contributed by atoms with E-state index in [1.165, 1.54) is 18.4 Å². The third kappa shape index (κ3) is 5.68. The van der Waals surface area contributed by atoms with Crippen molar-refractivity contribution >= 4 is 28.5 Å². The maximum atomic E-state index is 11.6. The Morgan fingerprint density at radius 2 is 2.05 bits per heavy atom. The SMILES string of the molecule is COC(=O)C(O)Cc1sc(NC(=O)OC(C)(C)C)nc1C. The molecule has 0 saturated heterocycles. The Morgan fingerprint density at radius 3 is 2.57 bits per heavy atom. The zero-order valence-corrected chi connectivity index (χ0v) is 13.5. The summed E-state index contributed by atoms with van der Waals surface area (Å²) in [5.74, 6) is -0.704. The molecule has 0 saturated carbocycles. The van der Waals surface area contributed by atoms with Crippen LogP contribution >= 0.6 is 11.3 Å². The third-order valence-electron chi connectivity index (χ3n) is 2.35. The second-order valence-electron chi connectivity index (χ2n) is 5.40. The van der Waals surface area contributed by atoms with Crippen molar-refractivity contribution in [2.75, 3.05) is 12.4 Å². The van der Waals surface area contributed by atoms with Crippen LogP contribution in [0.15, 0.2) is 0 Å². The summed E-state index contributed by atoms with van der Waals surface area (Å²) in [6, 6.07) is 0. The number of amides is 1. The summed E-state index contributed by atoms with van der Waals surface area (Å²) in [7, 11) is 1.21. The predicted octanol–water partition coefficient (Wildman–Crippen LogP) is 1.87. The van der Waals surface area contributed by atoms with Crippen molar-refractivity contribution in [3.05, 3.63) is 10.6 Å². The molecule has 2 N–H and O–H groups in total. The summed E-state index contributed by atoms with van der Waals surface area (Å²) in [6.45, 7) is 7.02. The zero-order chi connectivity index (χ0) is 16.2. The van der Waals surface area contributed by atoms with Crippen LogP contribution in [0.5, 0.6) is 0 Å². The normalized spacial score (nSPS) is 12.7. The molecule has 21 heavy (non-hydrogen) atoms. The Morgan fingerprint density at radius 1 is 1.43 bits per heavy atom. The first-order valence-corrected chi connectivity index (χ1v) is 7.16. The minimum atomic E-state index is -1.25. The second kappa shape index (κ2) is 6.86. The molecule has 8 heteroatoms. The number of aliphatic hydroxyl groups is 1. The number of aliphatic hydroxyl groups excluding tert-OH is 1. The van der Waals surface area contributed by atoms with Gasteiger partial charge < -0.3 is 14.6 Å². The van der Waals surface area contributed by atoms with Gasteiger partial charge in [0.15, 0.2) is 11.2 Å². The van der Waals surface area contributed by atoms with E-state index in [1.807, 2.05) is 0 Å². The lowest BCUT2D eigenvalue weighted by Gasteiger charge is -2.18. The number of esters is 1. The molecule has 0 radical (unpaired) electrons. The zero-order valence-electron chi connectivity index (χ0n) is 12.7. The number of rotatable bonds is 4. The molecule has 0 bridgehead atoms. The van der Waals surface area contributed by atoms with Crippen LogP contribution in [-0.2, 0) is 20.7 Å². The first kappa shape index (κ1) is 17.4. The fourth-order valence-corrected chi connectivity index (χ4v) is 2.44. The van der Waals surface area contributed by atoms with E-state index in [4.69, 9.17) is 4.74 Å². The molecule has 118 valence electrons. The Kier molecular flexibility index (Phi) is 5.68. The van der Waals surface area contributed by atoms with Crippen LogP contribution in [0.2, 0.25) is 0 Å². The molecule has 1 atom stereocenters. The Hall–Kier alpha value is -1.67. The number of hydrogen-bond acceptors (Lipinski definition) is 7. The van der Waals surface area contributed by atoms with Gasteiger partial charge in [-0.05, 0) is 27.7 Å².